The third-order valence-electron chi connectivity index (χ3n) is 2.54. The van der Waals surface area contributed by atoms with E-state index >= 15 is 0 Å². The molecule has 84 valence electrons. The lowest BCUT2D eigenvalue weighted by molar-refractivity contribution is 0.405. The van der Waals surface area contributed by atoms with Crippen LogP contribution in [0.5, 0.6) is 0 Å². The lowest BCUT2D eigenvalue weighted by atomic mass is 10.0. The minimum absolute atomic E-state index is 0.196. The summed E-state index contributed by atoms with van der Waals surface area (Å²) < 4.78 is 12.6. The third kappa shape index (κ3) is 3.98. The van der Waals surface area contributed by atoms with E-state index in [1.807, 2.05) is 0 Å². The molecule has 0 radical (unpaired) electrons. The van der Waals surface area contributed by atoms with Gasteiger partial charge in [-0.2, -0.15) is 0 Å². The summed E-state index contributed by atoms with van der Waals surface area (Å²) >= 11 is 0. The molecule has 0 saturated carbocycles. The molecule has 0 fully saturated rings. The van der Waals surface area contributed by atoms with Crippen LogP contribution in [0.2, 0.25) is 0 Å². The summed E-state index contributed by atoms with van der Waals surface area (Å²) in [6, 6.07) is 6.84. The molecule has 0 saturated heterocycles. The van der Waals surface area contributed by atoms with E-state index in [0.29, 0.717) is 18.5 Å². The molecular weight excluding hydrogens is 191 g/mol. The molecule has 0 aliphatic rings. The Kier molecular flexibility index (Phi) is 4.72. The van der Waals surface area contributed by atoms with Gasteiger partial charge in [-0.1, -0.05) is 26.0 Å². The number of hydrogen-bond acceptors (Lipinski definition) is 2. The lowest BCUT2D eigenvalue weighted by Crippen LogP contribution is -2.39. The van der Waals surface area contributed by atoms with Crippen LogP contribution in [0.1, 0.15) is 19.4 Å². The highest BCUT2D eigenvalue weighted by molar-refractivity contribution is 5.15. The smallest absolute Gasteiger partial charge is 0.123 e. The zero-order chi connectivity index (χ0) is 11.3. The number of nitrogens with two attached hydrogens (primary N) is 1. The van der Waals surface area contributed by atoms with Crippen LogP contribution in [0.4, 0.5) is 4.39 Å². The van der Waals surface area contributed by atoms with E-state index in [4.69, 9.17) is 5.73 Å². The second kappa shape index (κ2) is 5.83. The van der Waals surface area contributed by atoms with Gasteiger partial charge in [-0.05, 0) is 23.6 Å². The van der Waals surface area contributed by atoms with E-state index in [0.717, 1.165) is 12.1 Å². The van der Waals surface area contributed by atoms with Gasteiger partial charge in [0.1, 0.15) is 5.82 Å². The highest BCUT2D eigenvalue weighted by Crippen LogP contribution is 2.05. The zero-order valence-corrected chi connectivity index (χ0v) is 9.33. The standard InChI is InChI=1S/C12H19FN2/c1-9(2)12(7-14)15-8-10-3-5-11(13)6-4-10/h3-6,9,12,15H,7-8,14H2,1-2H3. The highest BCUT2D eigenvalue weighted by atomic mass is 19.1. The molecule has 1 aromatic carbocycles. The van der Waals surface area contributed by atoms with Gasteiger partial charge >= 0.3 is 0 Å². The van der Waals surface area contributed by atoms with Crippen molar-refractivity contribution in [3.63, 3.8) is 0 Å². The summed E-state index contributed by atoms with van der Waals surface area (Å²) in [6.07, 6.45) is 0. The number of rotatable bonds is 5. The molecule has 1 rings (SSSR count). The topological polar surface area (TPSA) is 38.0 Å². The van der Waals surface area contributed by atoms with Crippen molar-refractivity contribution in [2.75, 3.05) is 6.54 Å². The fourth-order valence-corrected chi connectivity index (χ4v) is 1.44. The molecule has 2 nitrogen and oxygen atoms in total. The van der Waals surface area contributed by atoms with E-state index < -0.39 is 0 Å². The number of benzene rings is 1. The zero-order valence-electron chi connectivity index (χ0n) is 9.33. The second-order valence-corrected chi connectivity index (χ2v) is 4.09. The molecule has 0 aromatic heterocycles. The Morgan fingerprint density at radius 2 is 1.87 bits per heavy atom. The Hall–Kier alpha value is -0.930. The van der Waals surface area contributed by atoms with Crippen LogP contribution >= 0.6 is 0 Å². The van der Waals surface area contributed by atoms with Crippen molar-refractivity contribution in [2.45, 2.75) is 26.4 Å². The van der Waals surface area contributed by atoms with E-state index in [9.17, 15) is 4.39 Å². The summed E-state index contributed by atoms with van der Waals surface area (Å²) in [5, 5.41) is 3.36. The second-order valence-electron chi connectivity index (χ2n) is 4.09. The van der Waals surface area contributed by atoms with Crippen molar-refractivity contribution in [1.29, 1.82) is 0 Å². The van der Waals surface area contributed by atoms with Gasteiger partial charge in [0.15, 0.2) is 0 Å². The minimum Gasteiger partial charge on any atom is -0.329 e. The van der Waals surface area contributed by atoms with Crippen molar-refractivity contribution in [1.82, 2.24) is 5.32 Å². The molecule has 0 heterocycles. The van der Waals surface area contributed by atoms with Crippen LogP contribution in [0.15, 0.2) is 24.3 Å². The fraction of sp³-hybridized carbons (Fsp3) is 0.500. The molecule has 15 heavy (non-hydrogen) atoms. The molecule has 1 aromatic rings. The highest BCUT2D eigenvalue weighted by Gasteiger charge is 2.09. The first-order valence-corrected chi connectivity index (χ1v) is 5.31. The van der Waals surface area contributed by atoms with Crippen LogP contribution in [-0.2, 0) is 6.54 Å². The van der Waals surface area contributed by atoms with Crippen LogP contribution in [0.25, 0.3) is 0 Å². The Bertz CT molecular complexity index is 282. The summed E-state index contributed by atoms with van der Waals surface area (Å²) in [6.45, 7) is 5.63. The van der Waals surface area contributed by atoms with Gasteiger partial charge in [0, 0.05) is 19.1 Å². The predicted molar refractivity (Wildman–Crippen MR) is 60.9 cm³/mol. The Morgan fingerprint density at radius 1 is 1.27 bits per heavy atom. The van der Waals surface area contributed by atoms with E-state index in [1.165, 1.54) is 12.1 Å². The summed E-state index contributed by atoms with van der Waals surface area (Å²) in [7, 11) is 0. The molecular formula is C12H19FN2. The SMILES string of the molecule is CC(C)C(CN)NCc1ccc(F)cc1. The van der Waals surface area contributed by atoms with Gasteiger partial charge in [0.05, 0.1) is 0 Å². The molecule has 0 spiro atoms. The first-order chi connectivity index (χ1) is 7.13. The molecule has 0 aliphatic carbocycles. The molecule has 3 heteroatoms. The van der Waals surface area contributed by atoms with Gasteiger partial charge in [0.25, 0.3) is 0 Å². The first kappa shape index (κ1) is 12.1. The van der Waals surface area contributed by atoms with Gasteiger partial charge < -0.3 is 11.1 Å². The van der Waals surface area contributed by atoms with E-state index in [1.54, 1.807) is 12.1 Å². The molecule has 0 amide bonds. The van der Waals surface area contributed by atoms with Crippen LogP contribution in [-0.4, -0.2) is 12.6 Å². The van der Waals surface area contributed by atoms with Crippen molar-refractivity contribution in [3.05, 3.63) is 35.6 Å². The quantitative estimate of drug-likeness (QED) is 0.779. The van der Waals surface area contributed by atoms with Crippen molar-refractivity contribution >= 4 is 0 Å². The maximum atomic E-state index is 12.6. The maximum Gasteiger partial charge on any atom is 0.123 e. The van der Waals surface area contributed by atoms with Gasteiger partial charge in [-0.15, -0.1) is 0 Å². The van der Waals surface area contributed by atoms with Crippen molar-refractivity contribution in [3.8, 4) is 0 Å². The van der Waals surface area contributed by atoms with Crippen LogP contribution < -0.4 is 11.1 Å². The average Bonchev–Trinajstić information content (AvgIpc) is 2.21. The molecule has 3 N–H and O–H groups in total. The lowest BCUT2D eigenvalue weighted by Gasteiger charge is -2.20. The van der Waals surface area contributed by atoms with E-state index in [2.05, 4.69) is 19.2 Å². The predicted octanol–water partition coefficient (Wildman–Crippen LogP) is 1.90. The number of nitrogens with one attached hydrogen (secondary N) is 1. The first-order valence-electron chi connectivity index (χ1n) is 5.31. The van der Waals surface area contributed by atoms with Crippen LogP contribution in [0.3, 0.4) is 0 Å². The Morgan fingerprint density at radius 3 is 2.33 bits per heavy atom. The van der Waals surface area contributed by atoms with Gasteiger partial charge in [0.2, 0.25) is 0 Å². The van der Waals surface area contributed by atoms with E-state index in [-0.39, 0.29) is 5.82 Å². The molecule has 0 bridgehead atoms. The average molecular weight is 210 g/mol. The summed E-state index contributed by atoms with van der Waals surface area (Å²) in [5.74, 6) is 0.313. The van der Waals surface area contributed by atoms with Gasteiger partial charge in [-0.25, -0.2) is 4.39 Å². The monoisotopic (exact) mass is 210 g/mol. The summed E-state index contributed by atoms with van der Waals surface area (Å²) in [5.41, 5.74) is 6.72. The third-order valence-corrected chi connectivity index (χ3v) is 2.54. The Balaban J connectivity index is 2.45. The Labute approximate surface area is 90.7 Å². The fourth-order valence-electron chi connectivity index (χ4n) is 1.44. The van der Waals surface area contributed by atoms with Crippen LogP contribution in [0, 0.1) is 11.7 Å². The number of hydrogen-bond donors (Lipinski definition) is 2. The largest absolute Gasteiger partial charge is 0.329 e. The maximum absolute atomic E-state index is 12.6. The van der Waals surface area contributed by atoms with Crippen molar-refractivity contribution < 1.29 is 4.39 Å². The molecule has 1 atom stereocenters. The normalized spacial score (nSPS) is 13.1. The minimum atomic E-state index is -0.196. The number of halogens is 1. The molecule has 1 unspecified atom stereocenters. The van der Waals surface area contributed by atoms with Crippen molar-refractivity contribution in [2.24, 2.45) is 11.7 Å². The summed E-state index contributed by atoms with van der Waals surface area (Å²) in [4.78, 5) is 0. The van der Waals surface area contributed by atoms with Gasteiger partial charge in [-0.3, -0.25) is 0 Å². The molecule has 0 aliphatic heterocycles.